The van der Waals surface area contributed by atoms with Gasteiger partial charge in [0.2, 0.25) is 0 Å². The molecule has 0 aliphatic rings. The molecule has 4 nitrogen and oxygen atoms in total. The number of carbonyl (C=O) groups excluding carboxylic acids is 1. The molecule has 2 rings (SSSR count). The van der Waals surface area contributed by atoms with E-state index >= 15 is 0 Å². The van der Waals surface area contributed by atoms with Crippen LogP contribution in [0.1, 0.15) is 5.56 Å². The zero-order chi connectivity index (χ0) is 11.7. The minimum absolute atomic E-state index is 0.0624. The molecule has 0 atom stereocenters. The molecule has 0 saturated carbocycles. The van der Waals surface area contributed by atoms with Gasteiger partial charge in [0.05, 0.1) is 11.3 Å². The van der Waals surface area contributed by atoms with Gasteiger partial charge in [-0.15, -0.1) is 0 Å². The molecule has 4 heteroatoms. The van der Waals surface area contributed by atoms with E-state index in [0.29, 0.717) is 6.42 Å². The number of nitrogens with two attached hydrogens (primary N) is 1. The third-order valence-electron chi connectivity index (χ3n) is 2.43. The summed E-state index contributed by atoms with van der Waals surface area (Å²) in [4.78, 5) is 11.2. The summed E-state index contributed by atoms with van der Waals surface area (Å²) in [6.45, 7) is 3.44. The lowest BCUT2D eigenvalue weighted by molar-refractivity contribution is 0.251. The van der Waals surface area contributed by atoms with Gasteiger partial charge in [-0.2, -0.15) is 0 Å². The first-order chi connectivity index (χ1) is 7.59. The second kappa shape index (κ2) is 3.73. The predicted octanol–water partition coefficient (Wildman–Crippen LogP) is 2.18. The first-order valence-electron chi connectivity index (χ1n) is 4.85. The number of amides is 1. The Morgan fingerprint density at radius 1 is 1.44 bits per heavy atom. The Kier molecular flexibility index (Phi) is 2.40. The summed E-state index contributed by atoms with van der Waals surface area (Å²) >= 11 is 0. The van der Waals surface area contributed by atoms with E-state index in [9.17, 15) is 9.90 Å². The monoisotopic (exact) mass is 216 g/mol. The van der Waals surface area contributed by atoms with Gasteiger partial charge in [-0.05, 0) is 11.6 Å². The summed E-state index contributed by atoms with van der Waals surface area (Å²) in [6.07, 6.45) is 1.95. The Morgan fingerprint density at radius 3 is 2.75 bits per heavy atom. The Morgan fingerprint density at radius 2 is 2.12 bits per heavy atom. The molecule has 0 fully saturated rings. The quantitative estimate of drug-likeness (QED) is 0.755. The normalized spacial score (nSPS) is 10.5. The van der Waals surface area contributed by atoms with Crippen LogP contribution in [0.5, 0.6) is 0 Å². The van der Waals surface area contributed by atoms with Gasteiger partial charge < -0.3 is 10.8 Å². The van der Waals surface area contributed by atoms with Crippen LogP contribution in [0, 0.1) is 0 Å². The molecule has 16 heavy (non-hydrogen) atoms. The second-order valence-corrected chi connectivity index (χ2v) is 3.62. The topological polar surface area (TPSA) is 68.2 Å². The van der Waals surface area contributed by atoms with Gasteiger partial charge in [0, 0.05) is 18.0 Å². The standard InChI is InChI=1S/C12H12N2O2/c1-8(15)6-9-7-14(12(13)16)11-5-3-2-4-10(9)11/h2-5,7,15H,1,6H2,(H2,13,16). The third-order valence-corrected chi connectivity index (χ3v) is 2.43. The van der Waals surface area contributed by atoms with Crippen LogP contribution in [-0.2, 0) is 6.42 Å². The maximum atomic E-state index is 11.2. The highest BCUT2D eigenvalue weighted by Crippen LogP contribution is 2.22. The van der Waals surface area contributed by atoms with Crippen LogP contribution in [-0.4, -0.2) is 15.7 Å². The number of primary amides is 1. The number of carbonyl (C=O) groups is 1. The third kappa shape index (κ3) is 1.65. The predicted molar refractivity (Wildman–Crippen MR) is 62.4 cm³/mol. The zero-order valence-electron chi connectivity index (χ0n) is 8.68. The number of allylic oxidation sites excluding steroid dienone is 1. The van der Waals surface area contributed by atoms with Crippen molar-refractivity contribution in [1.82, 2.24) is 4.57 Å². The van der Waals surface area contributed by atoms with Gasteiger partial charge in [-0.1, -0.05) is 24.8 Å². The van der Waals surface area contributed by atoms with Gasteiger partial charge in [-0.25, -0.2) is 4.79 Å². The fraction of sp³-hybridized carbons (Fsp3) is 0.0833. The number of aliphatic hydroxyl groups is 1. The summed E-state index contributed by atoms with van der Waals surface area (Å²) in [7, 11) is 0. The Bertz CT molecular complexity index is 569. The van der Waals surface area contributed by atoms with E-state index in [2.05, 4.69) is 6.58 Å². The van der Waals surface area contributed by atoms with Gasteiger partial charge >= 0.3 is 6.03 Å². The van der Waals surface area contributed by atoms with Crippen molar-refractivity contribution in [3.8, 4) is 0 Å². The minimum atomic E-state index is -0.536. The molecule has 0 aliphatic carbocycles. The van der Waals surface area contributed by atoms with Crippen LogP contribution in [0.25, 0.3) is 10.9 Å². The van der Waals surface area contributed by atoms with Crippen molar-refractivity contribution in [3.05, 3.63) is 48.4 Å². The van der Waals surface area contributed by atoms with E-state index in [1.54, 1.807) is 6.20 Å². The van der Waals surface area contributed by atoms with Crippen LogP contribution in [0.4, 0.5) is 4.79 Å². The fourth-order valence-corrected chi connectivity index (χ4v) is 1.79. The molecule has 0 unspecified atom stereocenters. The van der Waals surface area contributed by atoms with E-state index in [1.165, 1.54) is 4.57 Å². The van der Waals surface area contributed by atoms with E-state index < -0.39 is 6.03 Å². The molecule has 2 aromatic rings. The zero-order valence-corrected chi connectivity index (χ0v) is 8.68. The molecule has 3 N–H and O–H groups in total. The molecule has 1 amide bonds. The van der Waals surface area contributed by atoms with Gasteiger partial charge in [0.25, 0.3) is 0 Å². The number of aromatic nitrogens is 1. The van der Waals surface area contributed by atoms with Gasteiger partial charge in [0.15, 0.2) is 0 Å². The molecule has 1 aromatic carbocycles. The average Bonchev–Trinajstić information content (AvgIpc) is 2.57. The Labute approximate surface area is 92.6 Å². The molecule has 0 spiro atoms. The molecule has 0 saturated heterocycles. The van der Waals surface area contributed by atoms with E-state index in [1.807, 2.05) is 24.3 Å². The van der Waals surface area contributed by atoms with Crippen molar-refractivity contribution in [2.75, 3.05) is 0 Å². The number of hydrogen-bond acceptors (Lipinski definition) is 2. The number of para-hydroxylation sites is 1. The molecule has 0 radical (unpaired) electrons. The minimum Gasteiger partial charge on any atom is -0.513 e. The number of rotatable bonds is 2. The molecular formula is C12H12N2O2. The highest BCUT2D eigenvalue weighted by Gasteiger charge is 2.11. The summed E-state index contributed by atoms with van der Waals surface area (Å²) in [5.74, 6) is 0.0624. The molecule has 0 bridgehead atoms. The summed E-state index contributed by atoms with van der Waals surface area (Å²) in [5, 5.41) is 10.1. The lowest BCUT2D eigenvalue weighted by Gasteiger charge is -1.96. The maximum absolute atomic E-state index is 11.2. The second-order valence-electron chi connectivity index (χ2n) is 3.62. The van der Waals surface area contributed by atoms with Crippen LogP contribution in [0.2, 0.25) is 0 Å². The van der Waals surface area contributed by atoms with Crippen LogP contribution < -0.4 is 5.73 Å². The molecule has 0 aliphatic heterocycles. The van der Waals surface area contributed by atoms with Gasteiger partial charge in [-0.3, -0.25) is 4.57 Å². The van der Waals surface area contributed by atoms with Crippen LogP contribution >= 0.6 is 0 Å². The number of benzene rings is 1. The SMILES string of the molecule is C=C(O)Cc1cn(C(N)=O)c2ccccc12. The van der Waals surface area contributed by atoms with Crippen molar-refractivity contribution in [1.29, 1.82) is 0 Å². The lowest BCUT2D eigenvalue weighted by atomic mass is 10.1. The molecular weight excluding hydrogens is 204 g/mol. The van der Waals surface area contributed by atoms with Crippen molar-refractivity contribution >= 4 is 16.9 Å². The molecule has 82 valence electrons. The van der Waals surface area contributed by atoms with Crippen molar-refractivity contribution in [2.45, 2.75) is 6.42 Å². The smallest absolute Gasteiger partial charge is 0.323 e. The van der Waals surface area contributed by atoms with Crippen molar-refractivity contribution in [3.63, 3.8) is 0 Å². The van der Waals surface area contributed by atoms with Gasteiger partial charge in [0.1, 0.15) is 0 Å². The first kappa shape index (κ1) is 10.3. The average molecular weight is 216 g/mol. The number of fused-ring (bicyclic) bond motifs is 1. The fourth-order valence-electron chi connectivity index (χ4n) is 1.79. The lowest BCUT2D eigenvalue weighted by Crippen LogP contribution is -2.18. The summed E-state index contributed by atoms with van der Waals surface area (Å²) in [6, 6.07) is 6.86. The Hall–Kier alpha value is -2.23. The highest BCUT2D eigenvalue weighted by atomic mass is 16.3. The number of aliphatic hydroxyl groups excluding tert-OH is 1. The van der Waals surface area contributed by atoms with Crippen molar-refractivity contribution < 1.29 is 9.90 Å². The van der Waals surface area contributed by atoms with E-state index in [4.69, 9.17) is 5.73 Å². The Balaban J connectivity index is 2.66. The largest absolute Gasteiger partial charge is 0.513 e. The molecule has 1 heterocycles. The summed E-state index contributed by atoms with van der Waals surface area (Å²) < 4.78 is 1.37. The maximum Gasteiger partial charge on any atom is 0.323 e. The number of hydrogen-bond donors (Lipinski definition) is 2. The van der Waals surface area contributed by atoms with E-state index in [-0.39, 0.29) is 5.76 Å². The highest BCUT2D eigenvalue weighted by molar-refractivity contribution is 5.93. The number of nitrogens with zero attached hydrogens (tertiary/aromatic N) is 1. The molecule has 1 aromatic heterocycles. The van der Waals surface area contributed by atoms with E-state index in [0.717, 1.165) is 16.5 Å². The first-order valence-corrected chi connectivity index (χ1v) is 4.85. The van der Waals surface area contributed by atoms with Crippen LogP contribution in [0.3, 0.4) is 0 Å². The van der Waals surface area contributed by atoms with Crippen molar-refractivity contribution in [2.24, 2.45) is 5.73 Å². The summed E-state index contributed by atoms with van der Waals surface area (Å²) in [5.41, 5.74) is 6.84. The van der Waals surface area contributed by atoms with Crippen LogP contribution in [0.15, 0.2) is 42.8 Å².